The zero-order valence-corrected chi connectivity index (χ0v) is 26.2. The number of hydrogen-bond donors (Lipinski definition) is 0. The molecule has 4 heterocycles. The van der Waals surface area contributed by atoms with Gasteiger partial charge in [-0.1, -0.05) is 51.3 Å². The molecule has 1 saturated heterocycles. The minimum Gasteiger partial charge on any atom is -0.490 e. The van der Waals surface area contributed by atoms with E-state index in [1.165, 1.54) is 41.4 Å². The number of unbranched alkanes of at least 4 members (excludes halogenated alkanes) is 2. The predicted molar refractivity (Wildman–Crippen MR) is 169 cm³/mol. The molecule has 0 N–H and O–H groups in total. The molecule has 1 fully saturated rings. The summed E-state index contributed by atoms with van der Waals surface area (Å²) in [5.74, 6) is 0.990. The monoisotopic (exact) mass is 591 g/mol. The van der Waals surface area contributed by atoms with Crippen LogP contribution >= 0.6 is 11.5 Å². The third kappa shape index (κ3) is 8.32. The normalized spacial score (nSPS) is 14.7. The van der Waals surface area contributed by atoms with Crippen molar-refractivity contribution in [1.29, 1.82) is 0 Å². The van der Waals surface area contributed by atoms with Crippen molar-refractivity contribution in [2.45, 2.75) is 65.8 Å². The van der Waals surface area contributed by atoms with Gasteiger partial charge in [-0.25, -0.2) is 14.4 Å². The van der Waals surface area contributed by atoms with E-state index in [0.717, 1.165) is 47.6 Å². The Kier molecular flexibility index (Phi) is 11.4. The van der Waals surface area contributed by atoms with Crippen molar-refractivity contribution in [3.63, 3.8) is 0 Å². The van der Waals surface area contributed by atoms with Gasteiger partial charge >= 0.3 is 0 Å². The summed E-state index contributed by atoms with van der Waals surface area (Å²) in [7, 11) is 2.15. The van der Waals surface area contributed by atoms with Crippen LogP contribution in [0.1, 0.15) is 70.2 Å². The Hall–Kier alpha value is -3.43. The molecule has 0 amide bonds. The first-order valence-electron chi connectivity index (χ1n) is 14.9. The van der Waals surface area contributed by atoms with Crippen molar-refractivity contribution in [2.75, 3.05) is 26.7 Å². The van der Waals surface area contributed by atoms with E-state index in [0.29, 0.717) is 29.7 Å². The van der Waals surface area contributed by atoms with Gasteiger partial charge in [0.05, 0.1) is 35.6 Å². The summed E-state index contributed by atoms with van der Waals surface area (Å²) in [5, 5.41) is 0. The molecule has 42 heavy (non-hydrogen) atoms. The van der Waals surface area contributed by atoms with Crippen molar-refractivity contribution in [1.82, 2.24) is 23.8 Å². The minimum atomic E-state index is -0.786. The number of ether oxygens (including phenoxy) is 1. The number of aromatic nitrogens is 4. The van der Waals surface area contributed by atoms with Crippen molar-refractivity contribution in [3.8, 4) is 27.6 Å². The maximum absolute atomic E-state index is 14.6. The molecular formula is C33H42FN5O2S. The highest BCUT2D eigenvalue weighted by atomic mass is 32.1. The second kappa shape index (κ2) is 15.2. The molecule has 0 bridgehead atoms. The molecule has 9 heteroatoms. The Labute approximate surface area is 252 Å². The average molecular weight is 592 g/mol. The number of hydrogen-bond acceptors (Lipinski definition) is 7. The van der Waals surface area contributed by atoms with E-state index in [9.17, 15) is 9.18 Å². The third-order valence-electron chi connectivity index (χ3n) is 7.62. The van der Waals surface area contributed by atoms with Crippen molar-refractivity contribution in [3.05, 3.63) is 82.4 Å². The molecule has 1 aliphatic rings. The van der Waals surface area contributed by atoms with Gasteiger partial charge in [0.1, 0.15) is 0 Å². The maximum Gasteiger partial charge on any atom is 0.287 e. The average Bonchev–Trinajstić information content (AvgIpc) is 3.45. The molecule has 0 saturated carbocycles. The molecule has 0 spiro atoms. The van der Waals surface area contributed by atoms with Gasteiger partial charge in [-0.2, -0.15) is 4.37 Å². The van der Waals surface area contributed by atoms with Gasteiger partial charge in [-0.05, 0) is 88.0 Å². The van der Waals surface area contributed by atoms with Gasteiger partial charge in [0.15, 0.2) is 17.4 Å². The number of pyridine rings is 1. The molecule has 1 atom stereocenters. The Morgan fingerprint density at radius 1 is 1.07 bits per heavy atom. The van der Waals surface area contributed by atoms with E-state index in [2.05, 4.69) is 40.1 Å². The molecule has 224 valence electrons. The molecular weight excluding hydrogens is 549 g/mol. The summed E-state index contributed by atoms with van der Waals surface area (Å²) in [6.45, 7) is 11.1. The van der Waals surface area contributed by atoms with Crippen LogP contribution in [0, 0.1) is 18.7 Å². The lowest BCUT2D eigenvalue weighted by Crippen LogP contribution is -2.32. The zero-order chi connectivity index (χ0) is 30.1. The Morgan fingerprint density at radius 2 is 1.79 bits per heavy atom. The molecule has 4 aromatic rings. The van der Waals surface area contributed by atoms with E-state index in [-0.39, 0.29) is 0 Å². The fraction of sp³-hybridized carbons (Fsp3) is 0.455. The lowest BCUT2D eigenvalue weighted by atomic mass is 9.98. The summed E-state index contributed by atoms with van der Waals surface area (Å²) < 4.78 is 26.3. The zero-order valence-electron chi connectivity index (χ0n) is 25.3. The van der Waals surface area contributed by atoms with Gasteiger partial charge in [0.25, 0.3) is 5.56 Å². The largest absolute Gasteiger partial charge is 0.490 e. The molecule has 1 aliphatic heterocycles. The molecule has 0 aliphatic carbocycles. The number of rotatable bonds is 9. The van der Waals surface area contributed by atoms with Crippen LogP contribution in [0.2, 0.25) is 0 Å². The number of nitrogens with zero attached hydrogens (tertiary/aromatic N) is 5. The van der Waals surface area contributed by atoms with Crippen LogP contribution in [-0.2, 0) is 0 Å². The summed E-state index contributed by atoms with van der Waals surface area (Å²) in [5.41, 5.74) is 2.49. The topological polar surface area (TPSA) is 73.1 Å². The first-order chi connectivity index (χ1) is 20.3. The molecule has 0 radical (unpaired) electrons. The molecule has 1 aromatic carbocycles. The van der Waals surface area contributed by atoms with Crippen molar-refractivity contribution >= 4 is 11.5 Å². The van der Waals surface area contributed by atoms with Crippen LogP contribution in [0.3, 0.4) is 0 Å². The minimum absolute atomic E-state index is 0.395. The number of likely N-dealkylation sites (tertiary alicyclic amines) is 1. The van der Waals surface area contributed by atoms with Crippen LogP contribution in [0.4, 0.5) is 4.39 Å². The Balaban J connectivity index is 0.000000748. The van der Waals surface area contributed by atoms with Gasteiger partial charge in [-0.15, -0.1) is 0 Å². The number of aryl methyl sites for hydroxylation is 1. The molecule has 3 aromatic heterocycles. The molecule has 5 rings (SSSR count). The number of benzene rings is 1. The van der Waals surface area contributed by atoms with E-state index in [4.69, 9.17) is 4.74 Å². The first-order valence-corrected chi connectivity index (χ1v) is 15.6. The summed E-state index contributed by atoms with van der Waals surface area (Å²) in [6.07, 6.45) is 11.5. The highest BCUT2D eigenvalue weighted by molar-refractivity contribution is 7.09. The Bertz CT molecular complexity index is 1480. The second-order valence-electron chi connectivity index (χ2n) is 11.1. The fourth-order valence-corrected chi connectivity index (χ4v) is 5.66. The third-order valence-corrected chi connectivity index (χ3v) is 8.54. The smallest absolute Gasteiger partial charge is 0.287 e. The number of piperidine rings is 1. The number of halogens is 1. The van der Waals surface area contributed by atoms with Crippen LogP contribution in [0.5, 0.6) is 5.75 Å². The maximum atomic E-state index is 14.6. The molecule has 0 unspecified atom stereocenters. The van der Waals surface area contributed by atoms with Crippen LogP contribution in [0.15, 0.2) is 59.8 Å². The van der Waals surface area contributed by atoms with E-state index in [1.807, 2.05) is 44.2 Å². The van der Waals surface area contributed by atoms with Crippen LogP contribution in [-0.4, -0.2) is 50.6 Å². The second-order valence-corrected chi connectivity index (χ2v) is 11.9. The summed E-state index contributed by atoms with van der Waals surface area (Å²) >= 11 is 1.28. The van der Waals surface area contributed by atoms with Gasteiger partial charge in [0.2, 0.25) is 0 Å². The molecule has 7 nitrogen and oxygen atoms in total. The van der Waals surface area contributed by atoms with Crippen LogP contribution < -0.4 is 10.3 Å². The van der Waals surface area contributed by atoms with Gasteiger partial charge in [0, 0.05) is 17.3 Å². The van der Waals surface area contributed by atoms with Crippen molar-refractivity contribution < 1.29 is 9.13 Å². The quantitative estimate of drug-likeness (QED) is 0.202. The van der Waals surface area contributed by atoms with E-state index in [1.54, 1.807) is 18.6 Å². The highest BCUT2D eigenvalue weighted by Crippen LogP contribution is 2.28. The lowest BCUT2D eigenvalue weighted by molar-refractivity contribution is 0.159. The van der Waals surface area contributed by atoms with Gasteiger partial charge in [-0.3, -0.25) is 4.79 Å². The van der Waals surface area contributed by atoms with Crippen LogP contribution in [0.25, 0.3) is 21.8 Å². The SMILES string of the molecule is CCCCC.Cc1cc(-c2cc(F)c(=O)n([C@H](C)c3cccc(-c4ncc(OCC5CCN(C)CC5)cn4)c3)c2)sn1. The standard InChI is InChI=1S/C28H30FN5O2S.C5H12/c1-18-11-26(37-32-18)23-13-25(29)28(35)34(16-23)19(2)21-5-4-6-22(12-21)27-30-14-24(15-31-27)36-17-20-7-9-33(3)10-8-20;1-3-5-4-2/h4-6,11-16,19-20H,7-10,17H2,1-3H3;3-5H2,1-2H3/t19-;/m1./s1. The van der Waals surface area contributed by atoms with E-state index >= 15 is 0 Å². The Morgan fingerprint density at radius 3 is 2.40 bits per heavy atom. The van der Waals surface area contributed by atoms with Gasteiger partial charge < -0.3 is 14.2 Å². The summed E-state index contributed by atoms with van der Waals surface area (Å²) in [6, 6.07) is 10.4. The lowest BCUT2D eigenvalue weighted by Gasteiger charge is -2.28. The first kappa shape index (κ1) is 31.5. The summed E-state index contributed by atoms with van der Waals surface area (Å²) in [4.78, 5) is 24.9. The fourth-order valence-electron chi connectivity index (χ4n) is 4.92. The van der Waals surface area contributed by atoms with Crippen molar-refractivity contribution in [2.24, 2.45) is 5.92 Å². The predicted octanol–water partition coefficient (Wildman–Crippen LogP) is 7.40. The highest BCUT2D eigenvalue weighted by Gasteiger charge is 2.18. The van der Waals surface area contributed by atoms with E-state index < -0.39 is 17.4 Å².